The highest BCUT2D eigenvalue weighted by Gasteiger charge is 2.32. The second-order valence-electron chi connectivity index (χ2n) is 7.96. The molecule has 0 unspecified atom stereocenters. The molecule has 2 amide bonds. The summed E-state index contributed by atoms with van der Waals surface area (Å²) in [5.41, 5.74) is 2.38. The van der Waals surface area contributed by atoms with Crippen LogP contribution in [0.15, 0.2) is 77.7 Å². The van der Waals surface area contributed by atoms with Crippen LogP contribution in [0.5, 0.6) is 17.2 Å². The zero-order chi connectivity index (χ0) is 26.2. The van der Waals surface area contributed by atoms with E-state index in [2.05, 4.69) is 5.32 Å². The molecule has 1 aliphatic rings. The number of benzene rings is 3. The highest BCUT2D eigenvalue weighted by molar-refractivity contribution is 8.26. The van der Waals surface area contributed by atoms with E-state index in [-0.39, 0.29) is 18.4 Å². The van der Waals surface area contributed by atoms with Gasteiger partial charge in [0.25, 0.3) is 11.8 Å². The standard InChI is InChI=1S/C28H26N2O5S2/c1-3-34-24-14-20(15-25-27(32)30(28(36)37-25)17-19-8-5-4-6-9-19)12-13-23(24)35-18-26(31)29-21-10-7-11-22(16-21)33-2/h4-16H,3,17-18H2,1-2H3,(H,29,31)/b25-15-. The molecule has 3 aromatic carbocycles. The maximum absolute atomic E-state index is 13.0. The van der Waals surface area contributed by atoms with Crippen LogP contribution in [0.4, 0.5) is 5.69 Å². The summed E-state index contributed by atoms with van der Waals surface area (Å²) in [6, 6.07) is 22.1. The predicted octanol–water partition coefficient (Wildman–Crippen LogP) is 5.51. The van der Waals surface area contributed by atoms with E-state index in [1.165, 1.54) is 11.8 Å². The number of methoxy groups -OCH3 is 1. The predicted molar refractivity (Wildman–Crippen MR) is 150 cm³/mol. The Morgan fingerprint density at radius 3 is 2.59 bits per heavy atom. The maximum atomic E-state index is 13.0. The number of rotatable bonds is 10. The number of carbonyl (C=O) groups is 2. The number of ether oxygens (including phenoxy) is 3. The molecule has 1 N–H and O–H groups in total. The molecule has 190 valence electrons. The topological polar surface area (TPSA) is 77.1 Å². The summed E-state index contributed by atoms with van der Waals surface area (Å²) < 4.78 is 17.2. The van der Waals surface area contributed by atoms with Crippen molar-refractivity contribution in [2.24, 2.45) is 0 Å². The molecule has 0 atom stereocenters. The Hall–Kier alpha value is -3.82. The van der Waals surface area contributed by atoms with Crippen molar-refractivity contribution in [1.29, 1.82) is 0 Å². The molecule has 1 heterocycles. The van der Waals surface area contributed by atoms with Crippen molar-refractivity contribution in [3.63, 3.8) is 0 Å². The van der Waals surface area contributed by atoms with Gasteiger partial charge in [-0.15, -0.1) is 0 Å². The molecule has 37 heavy (non-hydrogen) atoms. The van der Waals surface area contributed by atoms with Gasteiger partial charge in [-0.3, -0.25) is 14.5 Å². The van der Waals surface area contributed by atoms with Crippen molar-refractivity contribution in [2.75, 3.05) is 25.6 Å². The molecule has 1 saturated heterocycles. The van der Waals surface area contributed by atoms with Crippen LogP contribution in [0.25, 0.3) is 6.08 Å². The number of hydrogen-bond donors (Lipinski definition) is 1. The van der Waals surface area contributed by atoms with Crippen molar-refractivity contribution in [2.45, 2.75) is 13.5 Å². The lowest BCUT2D eigenvalue weighted by Crippen LogP contribution is -2.27. The highest BCUT2D eigenvalue weighted by Crippen LogP contribution is 2.35. The summed E-state index contributed by atoms with van der Waals surface area (Å²) >= 11 is 6.73. The van der Waals surface area contributed by atoms with E-state index in [0.29, 0.717) is 45.3 Å². The summed E-state index contributed by atoms with van der Waals surface area (Å²) in [7, 11) is 1.56. The smallest absolute Gasteiger partial charge is 0.266 e. The molecule has 0 aliphatic carbocycles. The average Bonchev–Trinajstić information content (AvgIpc) is 3.16. The van der Waals surface area contributed by atoms with Crippen LogP contribution in [0.2, 0.25) is 0 Å². The third kappa shape index (κ3) is 6.90. The molecule has 0 spiro atoms. The molecule has 0 bridgehead atoms. The Bertz CT molecular complexity index is 1330. The Labute approximate surface area is 225 Å². The van der Waals surface area contributed by atoms with E-state index in [1.54, 1.807) is 54.5 Å². The van der Waals surface area contributed by atoms with Crippen LogP contribution in [0, 0.1) is 0 Å². The Morgan fingerprint density at radius 2 is 1.84 bits per heavy atom. The second-order valence-corrected chi connectivity index (χ2v) is 9.64. The van der Waals surface area contributed by atoms with Gasteiger partial charge in [-0.25, -0.2) is 0 Å². The van der Waals surface area contributed by atoms with Gasteiger partial charge in [0.15, 0.2) is 18.1 Å². The number of nitrogens with zero attached hydrogens (tertiary/aromatic N) is 1. The molecule has 7 nitrogen and oxygen atoms in total. The monoisotopic (exact) mass is 534 g/mol. The van der Waals surface area contributed by atoms with E-state index >= 15 is 0 Å². The van der Waals surface area contributed by atoms with Gasteiger partial charge in [-0.2, -0.15) is 0 Å². The molecule has 0 saturated carbocycles. The van der Waals surface area contributed by atoms with E-state index in [4.69, 9.17) is 26.4 Å². The first-order chi connectivity index (χ1) is 18.0. The van der Waals surface area contributed by atoms with Gasteiger partial charge >= 0.3 is 0 Å². The Kier molecular flexibility index (Phi) is 8.81. The van der Waals surface area contributed by atoms with Gasteiger partial charge in [0.05, 0.1) is 25.2 Å². The van der Waals surface area contributed by atoms with Gasteiger partial charge in [-0.05, 0) is 48.4 Å². The maximum Gasteiger partial charge on any atom is 0.266 e. The summed E-state index contributed by atoms with van der Waals surface area (Å²) in [5, 5.41) is 2.78. The first-order valence-corrected chi connectivity index (χ1v) is 12.8. The van der Waals surface area contributed by atoms with Crippen LogP contribution in [-0.2, 0) is 16.1 Å². The largest absolute Gasteiger partial charge is 0.497 e. The Morgan fingerprint density at radius 1 is 1.03 bits per heavy atom. The first kappa shape index (κ1) is 26.2. The number of thiocarbonyl (C=S) groups is 1. The first-order valence-electron chi connectivity index (χ1n) is 11.6. The average molecular weight is 535 g/mol. The number of carbonyl (C=O) groups excluding carboxylic acids is 2. The normalized spacial score (nSPS) is 14.1. The van der Waals surface area contributed by atoms with Gasteiger partial charge in [0.1, 0.15) is 10.1 Å². The van der Waals surface area contributed by atoms with E-state index < -0.39 is 0 Å². The summed E-state index contributed by atoms with van der Waals surface area (Å²) in [4.78, 5) is 27.5. The van der Waals surface area contributed by atoms with Gasteiger partial charge in [0.2, 0.25) is 0 Å². The molecule has 0 aromatic heterocycles. The fourth-order valence-electron chi connectivity index (χ4n) is 3.60. The minimum absolute atomic E-state index is 0.133. The van der Waals surface area contributed by atoms with Crippen LogP contribution in [-0.4, -0.2) is 41.4 Å². The molecular weight excluding hydrogens is 508 g/mol. The fourth-order valence-corrected chi connectivity index (χ4v) is 4.85. The van der Waals surface area contributed by atoms with Crippen molar-refractivity contribution in [3.8, 4) is 17.2 Å². The number of amides is 2. The molecule has 9 heteroatoms. The van der Waals surface area contributed by atoms with Crippen LogP contribution in [0.1, 0.15) is 18.1 Å². The van der Waals surface area contributed by atoms with Crippen LogP contribution in [0.3, 0.4) is 0 Å². The van der Waals surface area contributed by atoms with E-state index in [1.807, 2.05) is 43.3 Å². The van der Waals surface area contributed by atoms with Crippen molar-refractivity contribution >= 4 is 51.9 Å². The highest BCUT2D eigenvalue weighted by atomic mass is 32.2. The second kappa shape index (κ2) is 12.4. The van der Waals surface area contributed by atoms with Gasteiger partial charge in [-0.1, -0.05) is 66.4 Å². The molecule has 3 aromatic rings. The molecular formula is C28H26N2O5S2. The summed E-state index contributed by atoms with van der Waals surface area (Å²) in [6.45, 7) is 2.50. The minimum Gasteiger partial charge on any atom is -0.497 e. The third-order valence-electron chi connectivity index (χ3n) is 5.33. The number of anilines is 1. The minimum atomic E-state index is -0.318. The van der Waals surface area contributed by atoms with Gasteiger partial charge in [0, 0.05) is 11.8 Å². The number of hydrogen-bond acceptors (Lipinski definition) is 7. The lowest BCUT2D eigenvalue weighted by molar-refractivity contribution is -0.122. The zero-order valence-corrected chi connectivity index (χ0v) is 22.1. The zero-order valence-electron chi connectivity index (χ0n) is 20.4. The van der Waals surface area contributed by atoms with Crippen molar-refractivity contribution in [1.82, 2.24) is 4.90 Å². The van der Waals surface area contributed by atoms with E-state index in [0.717, 1.165) is 11.1 Å². The summed E-state index contributed by atoms with van der Waals surface area (Å²) in [5.74, 6) is 1.10. The van der Waals surface area contributed by atoms with E-state index in [9.17, 15) is 9.59 Å². The lowest BCUT2D eigenvalue weighted by Gasteiger charge is -2.14. The van der Waals surface area contributed by atoms with Crippen LogP contribution >= 0.6 is 24.0 Å². The van der Waals surface area contributed by atoms with Gasteiger partial charge < -0.3 is 19.5 Å². The summed E-state index contributed by atoms with van der Waals surface area (Å²) in [6.07, 6.45) is 1.78. The molecule has 1 aliphatic heterocycles. The number of thioether (sulfide) groups is 1. The number of nitrogens with one attached hydrogen (secondary N) is 1. The van der Waals surface area contributed by atoms with Crippen LogP contribution < -0.4 is 19.5 Å². The SMILES string of the molecule is CCOc1cc(/C=C2\SC(=S)N(Cc3ccccc3)C2=O)ccc1OCC(=O)Nc1cccc(OC)c1. The fraction of sp³-hybridized carbons (Fsp3) is 0.179. The van der Waals surface area contributed by atoms with Crippen molar-refractivity contribution < 1.29 is 23.8 Å². The van der Waals surface area contributed by atoms with Crippen molar-refractivity contribution in [3.05, 3.63) is 88.8 Å². The molecule has 4 rings (SSSR count). The quantitative estimate of drug-likeness (QED) is 0.271. The molecule has 0 radical (unpaired) electrons. The third-order valence-corrected chi connectivity index (χ3v) is 6.71. The molecule has 1 fully saturated rings. The Balaban J connectivity index is 1.43. The lowest BCUT2D eigenvalue weighted by atomic mass is 10.1.